The summed E-state index contributed by atoms with van der Waals surface area (Å²) in [6.45, 7) is 6.77. The predicted molar refractivity (Wildman–Crippen MR) is 106 cm³/mol. The Morgan fingerprint density at radius 1 is 1.18 bits per heavy atom. The summed E-state index contributed by atoms with van der Waals surface area (Å²) in [7, 11) is 0. The molecule has 0 radical (unpaired) electrons. The van der Waals surface area contributed by atoms with Crippen LogP contribution in [0, 0.1) is 5.41 Å². The van der Waals surface area contributed by atoms with E-state index in [2.05, 4.69) is 10.3 Å². The van der Waals surface area contributed by atoms with E-state index >= 15 is 0 Å². The number of aliphatic imine (C=N–C) groups is 1. The fraction of sp³-hybridized carbons (Fsp3) is 0.381. The van der Waals surface area contributed by atoms with Gasteiger partial charge in [-0.25, -0.2) is 4.99 Å². The third kappa shape index (κ3) is 4.79. The highest BCUT2D eigenvalue weighted by molar-refractivity contribution is 6.05. The molecule has 2 aromatic rings. The zero-order valence-corrected chi connectivity index (χ0v) is 16.4. The molecule has 0 aliphatic carbocycles. The molecule has 2 amide bonds. The quantitative estimate of drug-likeness (QED) is 0.831. The van der Waals surface area contributed by atoms with Crippen LogP contribution in [-0.4, -0.2) is 42.3 Å². The van der Waals surface area contributed by atoms with Crippen molar-refractivity contribution in [2.24, 2.45) is 10.4 Å². The van der Waals surface area contributed by atoms with Crippen molar-refractivity contribution in [3.63, 3.8) is 0 Å². The molecule has 2 heterocycles. The van der Waals surface area contributed by atoms with Gasteiger partial charge in [0, 0.05) is 5.41 Å². The molecule has 3 rings (SSSR count). The van der Waals surface area contributed by atoms with Gasteiger partial charge in [-0.1, -0.05) is 32.9 Å². The highest BCUT2D eigenvalue weighted by Crippen LogP contribution is 2.21. The molecule has 7 heteroatoms. The minimum Gasteiger partial charge on any atom is -0.475 e. The molecule has 1 aromatic heterocycles. The van der Waals surface area contributed by atoms with Crippen molar-refractivity contribution in [3.05, 3.63) is 54.0 Å². The van der Waals surface area contributed by atoms with Crippen LogP contribution >= 0.6 is 0 Å². The van der Waals surface area contributed by atoms with E-state index in [0.29, 0.717) is 30.5 Å². The van der Waals surface area contributed by atoms with Crippen molar-refractivity contribution in [2.75, 3.05) is 25.0 Å². The lowest BCUT2D eigenvalue weighted by Crippen LogP contribution is -2.43. The average Bonchev–Trinajstić information content (AvgIpc) is 3.34. The summed E-state index contributed by atoms with van der Waals surface area (Å²) in [5, 5.41) is 2.88. The van der Waals surface area contributed by atoms with Crippen molar-refractivity contribution in [1.82, 2.24) is 4.90 Å². The van der Waals surface area contributed by atoms with Crippen molar-refractivity contribution in [2.45, 2.75) is 27.3 Å². The van der Waals surface area contributed by atoms with Crippen molar-refractivity contribution < 1.29 is 18.7 Å². The van der Waals surface area contributed by atoms with Gasteiger partial charge in [-0.3, -0.25) is 9.59 Å². The normalized spacial score (nSPS) is 13.6. The van der Waals surface area contributed by atoms with Crippen molar-refractivity contribution >= 4 is 23.4 Å². The highest BCUT2D eigenvalue weighted by atomic mass is 16.5. The maximum atomic E-state index is 12.8. The van der Waals surface area contributed by atoms with Crippen LogP contribution in [0.15, 0.2) is 52.1 Å². The van der Waals surface area contributed by atoms with E-state index in [1.807, 2.05) is 39.0 Å². The smallest absolute Gasteiger partial charge is 0.244 e. The zero-order valence-electron chi connectivity index (χ0n) is 16.4. The molecule has 0 saturated carbocycles. The summed E-state index contributed by atoms with van der Waals surface area (Å²) in [5.41, 5.74) is 0.722. The Morgan fingerprint density at radius 2 is 1.96 bits per heavy atom. The lowest BCUT2D eigenvalue weighted by Gasteiger charge is -2.28. The predicted octanol–water partition coefficient (Wildman–Crippen LogP) is 3.07. The summed E-state index contributed by atoms with van der Waals surface area (Å²) in [6.07, 6.45) is 1.55. The Hall–Kier alpha value is -3.09. The molecule has 0 fully saturated rings. The number of para-hydroxylation sites is 1. The zero-order chi connectivity index (χ0) is 20.1. The van der Waals surface area contributed by atoms with Gasteiger partial charge in [-0.15, -0.1) is 0 Å². The minimum absolute atomic E-state index is 0.0849. The Bertz CT molecular complexity index is 866. The number of amides is 2. The third-order valence-corrected chi connectivity index (χ3v) is 4.21. The van der Waals surface area contributed by atoms with E-state index in [4.69, 9.17) is 9.15 Å². The molecule has 1 aliphatic rings. The van der Waals surface area contributed by atoms with E-state index in [-0.39, 0.29) is 24.9 Å². The van der Waals surface area contributed by atoms with E-state index in [1.54, 1.807) is 24.5 Å². The summed E-state index contributed by atoms with van der Waals surface area (Å²) < 4.78 is 10.9. The summed E-state index contributed by atoms with van der Waals surface area (Å²) in [5.74, 6) is 0.722. The van der Waals surface area contributed by atoms with Gasteiger partial charge in [-0.2, -0.15) is 0 Å². The fourth-order valence-corrected chi connectivity index (χ4v) is 2.90. The first kappa shape index (κ1) is 19.7. The number of furan rings is 1. The van der Waals surface area contributed by atoms with Gasteiger partial charge in [-0.05, 0) is 24.3 Å². The Kier molecular flexibility index (Phi) is 5.82. The highest BCUT2D eigenvalue weighted by Gasteiger charge is 2.29. The Labute approximate surface area is 164 Å². The van der Waals surface area contributed by atoms with E-state index < -0.39 is 5.41 Å². The largest absolute Gasteiger partial charge is 0.475 e. The first-order valence-corrected chi connectivity index (χ1v) is 9.23. The molecule has 1 aliphatic heterocycles. The van der Waals surface area contributed by atoms with Crippen LogP contribution in [0.1, 0.15) is 32.1 Å². The fourth-order valence-electron chi connectivity index (χ4n) is 2.90. The van der Waals surface area contributed by atoms with Gasteiger partial charge >= 0.3 is 0 Å². The summed E-state index contributed by atoms with van der Waals surface area (Å²) in [6, 6.07) is 10.9. The van der Waals surface area contributed by atoms with Crippen molar-refractivity contribution in [1.29, 1.82) is 0 Å². The number of ether oxygens (including phenoxy) is 1. The lowest BCUT2D eigenvalue weighted by molar-refractivity contribution is -0.142. The van der Waals surface area contributed by atoms with Crippen molar-refractivity contribution in [3.8, 4) is 0 Å². The Balaban J connectivity index is 1.74. The lowest BCUT2D eigenvalue weighted by atomic mass is 9.94. The van der Waals surface area contributed by atoms with Crippen LogP contribution < -0.4 is 5.32 Å². The molecule has 0 spiro atoms. The molecule has 7 nitrogen and oxygen atoms in total. The van der Waals surface area contributed by atoms with Gasteiger partial charge in [0.05, 0.1) is 30.6 Å². The van der Waals surface area contributed by atoms with Crippen LogP contribution in [-0.2, 0) is 20.9 Å². The van der Waals surface area contributed by atoms with Crippen LogP contribution in [0.4, 0.5) is 5.69 Å². The van der Waals surface area contributed by atoms with Gasteiger partial charge < -0.3 is 19.4 Å². The van der Waals surface area contributed by atoms with E-state index in [9.17, 15) is 9.59 Å². The molecular weight excluding hydrogens is 358 g/mol. The van der Waals surface area contributed by atoms with Crippen LogP contribution in [0.2, 0.25) is 0 Å². The number of anilines is 1. The second kappa shape index (κ2) is 8.29. The Morgan fingerprint density at radius 3 is 2.61 bits per heavy atom. The SMILES string of the molecule is CC(C)(C)C(=O)N(CC(=O)Nc1ccccc1C1=NCCO1)Cc1ccco1. The van der Waals surface area contributed by atoms with Crippen LogP contribution in [0.5, 0.6) is 0 Å². The summed E-state index contributed by atoms with van der Waals surface area (Å²) >= 11 is 0. The number of carbonyl (C=O) groups is 2. The number of hydrogen-bond donors (Lipinski definition) is 1. The van der Waals surface area contributed by atoms with E-state index in [1.165, 1.54) is 4.90 Å². The average molecular weight is 383 g/mol. The van der Waals surface area contributed by atoms with Crippen LogP contribution in [0.3, 0.4) is 0 Å². The molecule has 28 heavy (non-hydrogen) atoms. The third-order valence-electron chi connectivity index (χ3n) is 4.21. The molecule has 1 N–H and O–H groups in total. The topological polar surface area (TPSA) is 84.1 Å². The number of nitrogens with one attached hydrogen (secondary N) is 1. The molecule has 1 aromatic carbocycles. The molecular formula is C21H25N3O4. The van der Waals surface area contributed by atoms with Gasteiger partial charge in [0.15, 0.2) is 0 Å². The second-order valence-electron chi connectivity index (χ2n) is 7.62. The number of nitrogens with zero attached hydrogens (tertiary/aromatic N) is 2. The van der Waals surface area contributed by atoms with Gasteiger partial charge in [0.2, 0.25) is 17.7 Å². The van der Waals surface area contributed by atoms with Gasteiger partial charge in [0.1, 0.15) is 18.9 Å². The van der Waals surface area contributed by atoms with E-state index in [0.717, 1.165) is 5.56 Å². The molecule has 0 atom stereocenters. The molecule has 0 unspecified atom stereocenters. The summed E-state index contributed by atoms with van der Waals surface area (Å²) in [4.78, 5) is 31.4. The monoisotopic (exact) mass is 383 g/mol. The number of benzene rings is 1. The molecule has 0 bridgehead atoms. The standard InChI is InChI=1S/C21H25N3O4/c1-21(2,3)20(26)24(13-15-7-6-11-27-15)14-18(25)23-17-9-5-4-8-16(17)19-22-10-12-28-19/h4-9,11H,10,12-14H2,1-3H3,(H,23,25). The minimum atomic E-state index is -0.614. The molecule has 148 valence electrons. The first-order valence-electron chi connectivity index (χ1n) is 9.23. The first-order chi connectivity index (χ1) is 13.3. The maximum absolute atomic E-state index is 12.8. The number of hydrogen-bond acceptors (Lipinski definition) is 5. The van der Waals surface area contributed by atoms with Crippen LogP contribution in [0.25, 0.3) is 0 Å². The van der Waals surface area contributed by atoms with Gasteiger partial charge in [0.25, 0.3) is 0 Å². The maximum Gasteiger partial charge on any atom is 0.244 e. The number of carbonyl (C=O) groups excluding carboxylic acids is 2. The number of rotatable bonds is 6. The molecule has 0 saturated heterocycles. The second-order valence-corrected chi connectivity index (χ2v) is 7.62.